The summed E-state index contributed by atoms with van der Waals surface area (Å²) in [4.78, 5) is 0. The smallest absolute Gasteiger partial charge is 0.279 e. The van der Waals surface area contributed by atoms with E-state index in [9.17, 15) is 8.42 Å². The van der Waals surface area contributed by atoms with Crippen molar-refractivity contribution in [2.24, 2.45) is 0 Å². The number of nitrogens with zero attached hydrogens (tertiary/aromatic N) is 2. The zero-order valence-electron chi connectivity index (χ0n) is 12.6. The Morgan fingerprint density at radius 2 is 2.15 bits per heavy atom. The third-order valence-electron chi connectivity index (χ3n) is 2.99. The summed E-state index contributed by atoms with van der Waals surface area (Å²) >= 11 is 0. The first-order valence-corrected chi connectivity index (χ1v) is 8.20. The molecule has 1 aromatic rings. The van der Waals surface area contributed by atoms with E-state index in [0.29, 0.717) is 12.6 Å². The van der Waals surface area contributed by atoms with Crippen molar-refractivity contribution in [2.75, 3.05) is 20.1 Å². The molecule has 0 fully saturated rings. The van der Waals surface area contributed by atoms with Crippen LogP contribution < -0.4 is 10.0 Å². The van der Waals surface area contributed by atoms with Crippen LogP contribution in [0.2, 0.25) is 0 Å². The highest BCUT2D eigenvalue weighted by Crippen LogP contribution is 2.04. The van der Waals surface area contributed by atoms with Gasteiger partial charge in [0.25, 0.3) is 10.2 Å². The minimum atomic E-state index is -3.44. The molecule has 116 valence electrons. The van der Waals surface area contributed by atoms with E-state index >= 15 is 0 Å². The first kappa shape index (κ1) is 17.1. The predicted octanol–water partition coefficient (Wildman–Crippen LogP) is 0.372. The lowest BCUT2D eigenvalue weighted by Crippen LogP contribution is -2.39. The predicted molar refractivity (Wildman–Crippen MR) is 79.5 cm³/mol. The van der Waals surface area contributed by atoms with Gasteiger partial charge in [0.2, 0.25) is 0 Å². The number of nitrogens with one attached hydrogen (secondary N) is 3. The third-order valence-corrected chi connectivity index (χ3v) is 4.50. The molecule has 0 bridgehead atoms. The lowest BCUT2D eigenvalue weighted by Gasteiger charge is -2.18. The molecule has 0 saturated carbocycles. The molecule has 0 atom stereocenters. The van der Waals surface area contributed by atoms with Crippen molar-refractivity contribution in [2.45, 2.75) is 39.8 Å². The molecule has 7 nitrogen and oxygen atoms in total. The van der Waals surface area contributed by atoms with E-state index in [4.69, 9.17) is 0 Å². The van der Waals surface area contributed by atoms with E-state index in [1.165, 1.54) is 4.31 Å². The molecular weight excluding hydrogens is 278 g/mol. The molecule has 0 aliphatic carbocycles. The van der Waals surface area contributed by atoms with Gasteiger partial charge < -0.3 is 5.32 Å². The Bertz CT molecular complexity index is 498. The zero-order chi connectivity index (χ0) is 15.2. The number of H-pyrrole nitrogens is 1. The number of aryl methyl sites for hydroxylation is 1. The summed E-state index contributed by atoms with van der Waals surface area (Å²) in [7, 11) is -1.86. The summed E-state index contributed by atoms with van der Waals surface area (Å²) in [5.41, 5.74) is 1.72. The SMILES string of the molecule is Cc1[nH]ncc1CNS(=O)(=O)N(C)CCCNC(C)C. The molecule has 1 aromatic heterocycles. The summed E-state index contributed by atoms with van der Waals surface area (Å²) in [6.07, 6.45) is 2.41. The number of rotatable bonds is 9. The van der Waals surface area contributed by atoms with Gasteiger partial charge in [-0.05, 0) is 19.9 Å². The van der Waals surface area contributed by atoms with E-state index in [0.717, 1.165) is 24.2 Å². The summed E-state index contributed by atoms with van der Waals surface area (Å²) < 4.78 is 28.0. The first-order valence-electron chi connectivity index (χ1n) is 6.76. The highest BCUT2D eigenvalue weighted by Gasteiger charge is 2.17. The summed E-state index contributed by atoms with van der Waals surface area (Å²) in [6, 6.07) is 0.416. The number of aromatic amines is 1. The minimum Gasteiger partial charge on any atom is -0.314 e. The van der Waals surface area contributed by atoms with Gasteiger partial charge in [0.1, 0.15) is 0 Å². The Balaban J connectivity index is 2.37. The van der Waals surface area contributed by atoms with Crippen LogP contribution in [-0.2, 0) is 16.8 Å². The van der Waals surface area contributed by atoms with Gasteiger partial charge in [-0.25, -0.2) is 0 Å². The van der Waals surface area contributed by atoms with Crippen molar-refractivity contribution in [3.63, 3.8) is 0 Å². The monoisotopic (exact) mass is 303 g/mol. The van der Waals surface area contributed by atoms with Crippen LogP contribution in [0.15, 0.2) is 6.20 Å². The van der Waals surface area contributed by atoms with E-state index in [-0.39, 0.29) is 6.54 Å². The standard InChI is InChI=1S/C12H25N5O2S/c1-10(2)13-6-5-7-17(4)20(18,19)15-9-12-8-14-16-11(12)3/h8,10,13,15H,5-7,9H2,1-4H3,(H,14,16). The molecule has 0 amide bonds. The van der Waals surface area contributed by atoms with Crippen molar-refractivity contribution < 1.29 is 8.42 Å². The largest absolute Gasteiger partial charge is 0.314 e. The molecule has 3 N–H and O–H groups in total. The van der Waals surface area contributed by atoms with Crippen LogP contribution in [0.25, 0.3) is 0 Å². The van der Waals surface area contributed by atoms with Crippen LogP contribution in [0.5, 0.6) is 0 Å². The Kier molecular flexibility index (Phi) is 6.60. The number of hydrogen-bond acceptors (Lipinski definition) is 4. The van der Waals surface area contributed by atoms with Gasteiger partial charge in [-0.1, -0.05) is 13.8 Å². The van der Waals surface area contributed by atoms with Crippen LogP contribution in [0.4, 0.5) is 0 Å². The lowest BCUT2D eigenvalue weighted by atomic mass is 10.3. The molecule has 0 unspecified atom stereocenters. The van der Waals surface area contributed by atoms with Gasteiger partial charge in [0.05, 0.1) is 6.20 Å². The van der Waals surface area contributed by atoms with Crippen molar-refractivity contribution in [1.29, 1.82) is 0 Å². The Morgan fingerprint density at radius 3 is 2.70 bits per heavy atom. The summed E-state index contributed by atoms with van der Waals surface area (Å²) in [6.45, 7) is 7.53. The van der Waals surface area contributed by atoms with Crippen LogP contribution in [0.1, 0.15) is 31.5 Å². The first-order chi connectivity index (χ1) is 9.33. The second-order valence-electron chi connectivity index (χ2n) is 5.13. The highest BCUT2D eigenvalue weighted by molar-refractivity contribution is 7.87. The Hall–Kier alpha value is -0.960. The molecule has 20 heavy (non-hydrogen) atoms. The molecule has 8 heteroatoms. The second-order valence-corrected chi connectivity index (χ2v) is 6.99. The lowest BCUT2D eigenvalue weighted by molar-refractivity contribution is 0.439. The van der Waals surface area contributed by atoms with Crippen LogP contribution in [0.3, 0.4) is 0 Å². The normalized spacial score (nSPS) is 12.5. The molecule has 0 radical (unpaired) electrons. The van der Waals surface area contributed by atoms with E-state index in [2.05, 4.69) is 34.1 Å². The van der Waals surface area contributed by atoms with Crippen molar-refractivity contribution >= 4 is 10.2 Å². The van der Waals surface area contributed by atoms with E-state index in [1.807, 2.05) is 6.92 Å². The van der Waals surface area contributed by atoms with E-state index in [1.54, 1.807) is 13.2 Å². The molecular formula is C12H25N5O2S. The number of hydrogen-bond donors (Lipinski definition) is 3. The summed E-state index contributed by atoms with van der Waals surface area (Å²) in [5.74, 6) is 0. The fourth-order valence-electron chi connectivity index (χ4n) is 1.65. The van der Waals surface area contributed by atoms with Gasteiger partial charge in [0, 0.05) is 37.4 Å². The summed E-state index contributed by atoms with van der Waals surface area (Å²) in [5, 5.41) is 9.90. The Morgan fingerprint density at radius 1 is 1.45 bits per heavy atom. The topological polar surface area (TPSA) is 90.1 Å². The number of aromatic nitrogens is 2. The fourth-order valence-corrected chi connectivity index (χ4v) is 2.57. The maximum atomic E-state index is 12.0. The van der Waals surface area contributed by atoms with Crippen molar-refractivity contribution in [1.82, 2.24) is 24.5 Å². The average Bonchev–Trinajstić information content (AvgIpc) is 2.77. The quantitative estimate of drug-likeness (QED) is 0.575. The van der Waals surface area contributed by atoms with Gasteiger partial charge in [-0.15, -0.1) is 0 Å². The molecule has 0 aromatic carbocycles. The van der Waals surface area contributed by atoms with Gasteiger partial charge >= 0.3 is 0 Å². The second kappa shape index (κ2) is 7.72. The van der Waals surface area contributed by atoms with Crippen LogP contribution in [-0.4, -0.2) is 49.1 Å². The molecule has 0 saturated heterocycles. The van der Waals surface area contributed by atoms with Gasteiger partial charge in [-0.2, -0.15) is 22.5 Å². The van der Waals surface area contributed by atoms with Crippen LogP contribution >= 0.6 is 0 Å². The van der Waals surface area contributed by atoms with Crippen LogP contribution in [0, 0.1) is 6.92 Å². The molecule has 1 rings (SSSR count). The Labute approximate surface area is 121 Å². The minimum absolute atomic E-state index is 0.249. The molecule has 0 aliphatic rings. The molecule has 1 heterocycles. The van der Waals surface area contributed by atoms with Gasteiger partial charge in [0.15, 0.2) is 0 Å². The van der Waals surface area contributed by atoms with E-state index < -0.39 is 10.2 Å². The molecule has 0 spiro atoms. The maximum Gasteiger partial charge on any atom is 0.279 e. The van der Waals surface area contributed by atoms with Gasteiger partial charge in [-0.3, -0.25) is 5.10 Å². The van der Waals surface area contributed by atoms with Crippen molar-refractivity contribution in [3.8, 4) is 0 Å². The third kappa shape index (κ3) is 5.58. The fraction of sp³-hybridized carbons (Fsp3) is 0.750. The molecule has 0 aliphatic heterocycles. The van der Waals surface area contributed by atoms with Crippen molar-refractivity contribution in [3.05, 3.63) is 17.5 Å². The average molecular weight is 303 g/mol. The maximum absolute atomic E-state index is 12.0. The zero-order valence-corrected chi connectivity index (χ0v) is 13.4. The highest BCUT2D eigenvalue weighted by atomic mass is 32.2.